The molecule has 0 radical (unpaired) electrons. The lowest BCUT2D eigenvalue weighted by Gasteiger charge is -2.10. The smallest absolute Gasteiger partial charge is 0.325 e. The molecule has 94 valence electrons. The van der Waals surface area contributed by atoms with Crippen molar-refractivity contribution >= 4 is 38.4 Å². The molecule has 2 aromatic carbocycles. The highest BCUT2D eigenvalue weighted by Crippen LogP contribution is 2.29. The van der Waals surface area contributed by atoms with E-state index in [0.29, 0.717) is 6.61 Å². The van der Waals surface area contributed by atoms with Crippen LogP contribution in [0.3, 0.4) is 0 Å². The summed E-state index contributed by atoms with van der Waals surface area (Å²) in [6, 6.07) is 11.9. The second-order valence-corrected chi connectivity index (χ2v) is 4.65. The van der Waals surface area contributed by atoms with Crippen molar-refractivity contribution in [3.63, 3.8) is 0 Å². The molecule has 0 heterocycles. The molecule has 0 aliphatic rings. The zero-order valence-corrected chi connectivity index (χ0v) is 11.7. The Bertz CT molecular complexity index is 569. The Balaban J connectivity index is 2.24. The number of fused-ring (bicyclic) bond motifs is 1. The molecule has 0 aliphatic heterocycles. The van der Waals surface area contributed by atoms with Crippen LogP contribution < -0.4 is 5.32 Å². The van der Waals surface area contributed by atoms with Crippen molar-refractivity contribution < 1.29 is 9.53 Å². The quantitative estimate of drug-likeness (QED) is 0.878. The number of benzene rings is 2. The first-order chi connectivity index (χ1) is 8.72. The predicted molar refractivity (Wildman–Crippen MR) is 76.8 cm³/mol. The van der Waals surface area contributed by atoms with Crippen molar-refractivity contribution in [2.75, 3.05) is 18.5 Å². The monoisotopic (exact) mass is 307 g/mol. The molecule has 0 unspecified atom stereocenters. The zero-order chi connectivity index (χ0) is 13.0. The second kappa shape index (κ2) is 5.87. The predicted octanol–water partition coefficient (Wildman–Crippen LogP) is 3.58. The van der Waals surface area contributed by atoms with Crippen LogP contribution in [0.4, 0.5) is 5.69 Å². The molecule has 2 rings (SSSR count). The minimum absolute atomic E-state index is 0.180. The average Bonchev–Trinajstić information content (AvgIpc) is 2.39. The van der Waals surface area contributed by atoms with E-state index in [-0.39, 0.29) is 12.5 Å². The van der Waals surface area contributed by atoms with Crippen LogP contribution in [-0.4, -0.2) is 19.1 Å². The Hall–Kier alpha value is -1.55. The van der Waals surface area contributed by atoms with Crippen LogP contribution in [0, 0.1) is 0 Å². The fourth-order valence-electron chi connectivity index (χ4n) is 1.80. The van der Waals surface area contributed by atoms with Gasteiger partial charge in [-0.25, -0.2) is 0 Å². The van der Waals surface area contributed by atoms with Gasteiger partial charge in [0.1, 0.15) is 6.54 Å². The van der Waals surface area contributed by atoms with Gasteiger partial charge >= 0.3 is 5.97 Å². The molecule has 0 bridgehead atoms. The number of hydrogen-bond acceptors (Lipinski definition) is 3. The van der Waals surface area contributed by atoms with Gasteiger partial charge in [0.15, 0.2) is 0 Å². The van der Waals surface area contributed by atoms with Crippen molar-refractivity contribution in [1.29, 1.82) is 0 Å². The van der Waals surface area contributed by atoms with Gasteiger partial charge in [0.25, 0.3) is 0 Å². The van der Waals surface area contributed by atoms with E-state index in [1.165, 1.54) is 0 Å². The third kappa shape index (κ3) is 2.82. The summed E-state index contributed by atoms with van der Waals surface area (Å²) in [5.74, 6) is -0.246. The summed E-state index contributed by atoms with van der Waals surface area (Å²) in [4.78, 5) is 11.3. The molecule has 18 heavy (non-hydrogen) atoms. The standard InChI is InChI=1S/C14H14BrNO2/c1-2-18-14(17)9-16-13-8-7-12(15)10-5-3-4-6-11(10)13/h3-8,16H,2,9H2,1H3. The van der Waals surface area contributed by atoms with E-state index < -0.39 is 0 Å². The highest BCUT2D eigenvalue weighted by molar-refractivity contribution is 9.10. The fraction of sp³-hybridized carbons (Fsp3) is 0.214. The molecule has 4 heteroatoms. The molecule has 2 aromatic rings. The van der Waals surface area contributed by atoms with Gasteiger partial charge in [-0.05, 0) is 24.4 Å². The molecule has 0 aliphatic carbocycles. The molecule has 3 nitrogen and oxygen atoms in total. The van der Waals surface area contributed by atoms with E-state index in [1.54, 1.807) is 6.92 Å². The maximum absolute atomic E-state index is 11.3. The first kappa shape index (κ1) is 12.9. The Morgan fingerprint density at radius 1 is 1.22 bits per heavy atom. The topological polar surface area (TPSA) is 38.3 Å². The van der Waals surface area contributed by atoms with E-state index in [2.05, 4.69) is 21.2 Å². The van der Waals surface area contributed by atoms with Crippen LogP contribution in [0.15, 0.2) is 40.9 Å². The number of halogens is 1. The van der Waals surface area contributed by atoms with Gasteiger partial charge in [0, 0.05) is 15.5 Å². The largest absolute Gasteiger partial charge is 0.465 e. The van der Waals surface area contributed by atoms with E-state index in [9.17, 15) is 4.79 Å². The van der Waals surface area contributed by atoms with E-state index >= 15 is 0 Å². The fourth-order valence-corrected chi connectivity index (χ4v) is 2.27. The number of hydrogen-bond donors (Lipinski definition) is 1. The van der Waals surface area contributed by atoms with Gasteiger partial charge in [-0.15, -0.1) is 0 Å². The van der Waals surface area contributed by atoms with Crippen LogP contribution in [0.2, 0.25) is 0 Å². The van der Waals surface area contributed by atoms with Crippen LogP contribution >= 0.6 is 15.9 Å². The minimum Gasteiger partial charge on any atom is -0.465 e. The molecule has 0 fully saturated rings. The number of carbonyl (C=O) groups excluding carboxylic acids is 1. The summed E-state index contributed by atoms with van der Waals surface area (Å²) < 4.78 is 5.93. The van der Waals surface area contributed by atoms with Gasteiger partial charge in [0.2, 0.25) is 0 Å². The van der Waals surface area contributed by atoms with Crippen LogP contribution in [-0.2, 0) is 9.53 Å². The van der Waals surface area contributed by atoms with E-state index in [4.69, 9.17) is 4.74 Å². The second-order valence-electron chi connectivity index (χ2n) is 3.80. The van der Waals surface area contributed by atoms with Crippen molar-refractivity contribution in [1.82, 2.24) is 0 Å². The van der Waals surface area contributed by atoms with Gasteiger partial charge in [-0.2, -0.15) is 0 Å². The molecular weight excluding hydrogens is 294 g/mol. The van der Waals surface area contributed by atoms with Crippen molar-refractivity contribution in [2.24, 2.45) is 0 Å². The van der Waals surface area contributed by atoms with Crippen molar-refractivity contribution in [3.05, 3.63) is 40.9 Å². The number of esters is 1. The molecule has 0 atom stereocenters. The normalized spacial score (nSPS) is 10.3. The number of carbonyl (C=O) groups is 1. The SMILES string of the molecule is CCOC(=O)CNc1ccc(Br)c2ccccc12. The summed E-state index contributed by atoms with van der Waals surface area (Å²) in [5.41, 5.74) is 0.932. The average molecular weight is 308 g/mol. The summed E-state index contributed by atoms with van der Waals surface area (Å²) in [7, 11) is 0. The van der Waals surface area contributed by atoms with E-state index in [1.807, 2.05) is 36.4 Å². The van der Waals surface area contributed by atoms with Gasteiger partial charge in [0.05, 0.1) is 6.61 Å². The van der Waals surface area contributed by atoms with Crippen LogP contribution in [0.1, 0.15) is 6.92 Å². The summed E-state index contributed by atoms with van der Waals surface area (Å²) in [6.07, 6.45) is 0. The molecular formula is C14H14BrNO2. The number of rotatable bonds is 4. The van der Waals surface area contributed by atoms with E-state index in [0.717, 1.165) is 20.9 Å². The molecule has 0 amide bonds. The Morgan fingerprint density at radius 3 is 2.67 bits per heavy atom. The molecule has 0 spiro atoms. The Labute approximate surface area is 114 Å². The lowest BCUT2D eigenvalue weighted by molar-refractivity contribution is -0.140. The van der Waals surface area contributed by atoms with Gasteiger partial charge in [-0.3, -0.25) is 4.79 Å². The third-order valence-corrected chi connectivity index (χ3v) is 3.29. The highest BCUT2D eigenvalue weighted by atomic mass is 79.9. The zero-order valence-electron chi connectivity index (χ0n) is 10.1. The molecule has 1 N–H and O–H groups in total. The lowest BCUT2D eigenvalue weighted by atomic mass is 10.1. The Kier molecular flexibility index (Phi) is 4.20. The summed E-state index contributed by atoms with van der Waals surface area (Å²) in [5, 5.41) is 5.30. The summed E-state index contributed by atoms with van der Waals surface area (Å²) in [6.45, 7) is 2.38. The van der Waals surface area contributed by atoms with Crippen LogP contribution in [0.5, 0.6) is 0 Å². The number of anilines is 1. The number of nitrogens with one attached hydrogen (secondary N) is 1. The number of ether oxygens (including phenoxy) is 1. The van der Waals surface area contributed by atoms with Crippen molar-refractivity contribution in [2.45, 2.75) is 6.92 Å². The highest BCUT2D eigenvalue weighted by Gasteiger charge is 2.06. The van der Waals surface area contributed by atoms with Crippen molar-refractivity contribution in [3.8, 4) is 0 Å². The first-order valence-corrected chi connectivity index (χ1v) is 6.58. The van der Waals surface area contributed by atoms with Crippen LogP contribution in [0.25, 0.3) is 10.8 Å². The third-order valence-electron chi connectivity index (χ3n) is 2.60. The molecule has 0 saturated carbocycles. The lowest BCUT2D eigenvalue weighted by Crippen LogP contribution is -2.16. The van der Waals surface area contributed by atoms with Gasteiger partial charge in [-0.1, -0.05) is 40.2 Å². The molecule has 0 aromatic heterocycles. The summed E-state index contributed by atoms with van der Waals surface area (Å²) >= 11 is 3.52. The Morgan fingerprint density at radius 2 is 1.94 bits per heavy atom. The van der Waals surface area contributed by atoms with Gasteiger partial charge < -0.3 is 10.1 Å². The first-order valence-electron chi connectivity index (χ1n) is 5.79. The maximum Gasteiger partial charge on any atom is 0.325 e. The molecule has 0 saturated heterocycles. The minimum atomic E-state index is -0.246. The maximum atomic E-state index is 11.3.